The molecule has 5 rings (SSSR count). The van der Waals surface area contributed by atoms with Crippen molar-refractivity contribution in [2.45, 2.75) is 102 Å². The van der Waals surface area contributed by atoms with Crippen molar-refractivity contribution in [3.05, 3.63) is 41.5 Å². The highest BCUT2D eigenvalue weighted by Gasteiger charge is 2.41. The van der Waals surface area contributed by atoms with Crippen molar-refractivity contribution in [1.82, 2.24) is 4.90 Å². The molecule has 3 aliphatic rings. The van der Waals surface area contributed by atoms with Gasteiger partial charge in [-0.3, -0.25) is 4.90 Å². The van der Waals surface area contributed by atoms with Gasteiger partial charge in [0.05, 0.1) is 12.2 Å². The molecular formula is C29H35F3N2O. The minimum Gasteiger partial charge on any atom is -0.490 e. The highest BCUT2D eigenvalue weighted by molar-refractivity contribution is 5.89. The lowest BCUT2D eigenvalue weighted by molar-refractivity contribution is -0.138. The Balaban J connectivity index is 1.45. The Bertz CT molecular complexity index is 1090. The molecule has 2 heterocycles. The van der Waals surface area contributed by atoms with E-state index in [1.165, 1.54) is 12.5 Å². The van der Waals surface area contributed by atoms with Crippen LogP contribution in [-0.4, -0.2) is 23.1 Å². The van der Waals surface area contributed by atoms with Crippen LogP contribution in [0.1, 0.15) is 88.8 Å². The lowest BCUT2D eigenvalue weighted by Crippen LogP contribution is -2.52. The number of halogens is 3. The average molecular weight is 485 g/mol. The van der Waals surface area contributed by atoms with Crippen molar-refractivity contribution < 1.29 is 17.9 Å². The average Bonchev–Trinajstić information content (AvgIpc) is 2.83. The maximum atomic E-state index is 14.3. The molecule has 2 aromatic rings. The van der Waals surface area contributed by atoms with Gasteiger partial charge in [-0.05, 0) is 92.7 Å². The molecule has 3 atom stereocenters. The summed E-state index contributed by atoms with van der Waals surface area (Å²) < 4.78 is 48.7. The van der Waals surface area contributed by atoms with E-state index in [9.17, 15) is 18.4 Å². The normalized spacial score (nSPS) is 30.6. The fourth-order valence-electron chi connectivity index (χ4n) is 6.83. The van der Waals surface area contributed by atoms with Crippen LogP contribution in [0, 0.1) is 23.2 Å². The third-order valence-electron chi connectivity index (χ3n) is 8.69. The number of nitriles is 1. The lowest BCUT2D eigenvalue weighted by atomic mass is 9.77. The molecular weight excluding hydrogens is 449 g/mol. The van der Waals surface area contributed by atoms with Gasteiger partial charge in [-0.1, -0.05) is 31.5 Å². The van der Waals surface area contributed by atoms with E-state index in [2.05, 4.69) is 24.8 Å². The zero-order valence-corrected chi connectivity index (χ0v) is 20.7. The summed E-state index contributed by atoms with van der Waals surface area (Å²) in [6.07, 6.45) is 4.11. The monoisotopic (exact) mass is 484 g/mol. The van der Waals surface area contributed by atoms with Crippen LogP contribution in [-0.2, 0) is 6.18 Å². The SMILES string of the molecule is CC(c1ccc2c(C(F)(F)F)c(O[C@H]3CC[C@@H](C)CC3)ccc2c1)N1C2CCCC1CC(C#N)C2. The molecule has 3 unspecified atom stereocenters. The molecule has 0 aromatic heterocycles. The van der Waals surface area contributed by atoms with Gasteiger partial charge < -0.3 is 4.74 Å². The number of nitrogens with zero attached hydrogens (tertiary/aromatic N) is 2. The zero-order valence-electron chi connectivity index (χ0n) is 20.7. The van der Waals surface area contributed by atoms with E-state index in [0.29, 0.717) is 23.4 Å². The quantitative estimate of drug-likeness (QED) is 0.441. The summed E-state index contributed by atoms with van der Waals surface area (Å²) in [5.74, 6) is 0.683. The van der Waals surface area contributed by atoms with Crippen molar-refractivity contribution in [2.75, 3.05) is 0 Å². The second kappa shape index (κ2) is 9.65. The fourth-order valence-corrected chi connectivity index (χ4v) is 6.83. The molecule has 3 fully saturated rings. The van der Waals surface area contributed by atoms with Crippen molar-refractivity contribution in [2.24, 2.45) is 11.8 Å². The Labute approximate surface area is 206 Å². The molecule has 0 N–H and O–H groups in total. The summed E-state index contributed by atoms with van der Waals surface area (Å²) in [5.41, 5.74) is 0.382. The second-order valence-corrected chi connectivity index (χ2v) is 11.1. The van der Waals surface area contributed by atoms with Crippen molar-refractivity contribution in [3.63, 3.8) is 0 Å². The molecule has 1 aliphatic carbocycles. The summed E-state index contributed by atoms with van der Waals surface area (Å²) in [5, 5.41) is 10.3. The van der Waals surface area contributed by atoms with Gasteiger partial charge >= 0.3 is 6.18 Å². The van der Waals surface area contributed by atoms with Gasteiger partial charge in [-0.2, -0.15) is 18.4 Å². The summed E-state index contributed by atoms with van der Waals surface area (Å²) in [6, 6.07) is 12.0. The molecule has 3 nitrogen and oxygen atoms in total. The van der Waals surface area contributed by atoms with E-state index in [1.807, 2.05) is 12.1 Å². The van der Waals surface area contributed by atoms with E-state index < -0.39 is 11.7 Å². The maximum Gasteiger partial charge on any atom is 0.420 e. The molecule has 2 bridgehead atoms. The number of hydrogen-bond donors (Lipinski definition) is 0. The summed E-state index contributed by atoms with van der Waals surface area (Å²) in [4.78, 5) is 2.53. The van der Waals surface area contributed by atoms with Gasteiger partial charge in [-0.25, -0.2) is 0 Å². The standard InChI is InChI=1S/C29H35F3N2O/c1-18-6-10-25(11-7-18)35-27-13-9-22-16-21(8-12-26(22)28(27)29(30,31)32)19(2)34-23-4-3-5-24(34)15-20(14-23)17-33/h8-9,12-13,16,18-20,23-25H,3-7,10-11,14-15H2,1-2H3/t18-,19?,20?,23?,24?,25+. The van der Waals surface area contributed by atoms with E-state index in [0.717, 1.165) is 56.9 Å². The van der Waals surface area contributed by atoms with E-state index in [4.69, 9.17) is 4.74 Å². The second-order valence-electron chi connectivity index (χ2n) is 11.1. The predicted molar refractivity (Wildman–Crippen MR) is 131 cm³/mol. The first-order valence-corrected chi connectivity index (χ1v) is 13.2. The molecule has 0 spiro atoms. The van der Waals surface area contributed by atoms with Crippen LogP contribution in [0.15, 0.2) is 30.3 Å². The molecule has 2 saturated heterocycles. The first kappa shape index (κ1) is 24.4. The Kier molecular flexibility index (Phi) is 6.74. The van der Waals surface area contributed by atoms with Gasteiger partial charge in [0.25, 0.3) is 0 Å². The molecule has 35 heavy (non-hydrogen) atoms. The molecule has 2 aliphatic heterocycles. The van der Waals surface area contributed by atoms with Gasteiger partial charge in [0, 0.05) is 24.0 Å². The number of alkyl halides is 3. The topological polar surface area (TPSA) is 36.3 Å². The van der Waals surface area contributed by atoms with Crippen molar-refractivity contribution in [1.29, 1.82) is 5.26 Å². The van der Waals surface area contributed by atoms with Crippen LogP contribution in [0.2, 0.25) is 0 Å². The molecule has 6 heteroatoms. The first-order chi connectivity index (χ1) is 16.7. The predicted octanol–water partition coefficient (Wildman–Crippen LogP) is 8.03. The molecule has 1 saturated carbocycles. The van der Waals surface area contributed by atoms with Crippen LogP contribution in [0.4, 0.5) is 13.2 Å². The van der Waals surface area contributed by atoms with Crippen LogP contribution in [0.3, 0.4) is 0 Å². The van der Waals surface area contributed by atoms with Gasteiger partial charge in [0.1, 0.15) is 11.3 Å². The van der Waals surface area contributed by atoms with E-state index in [1.54, 1.807) is 12.1 Å². The third kappa shape index (κ3) is 4.89. The minimum atomic E-state index is -4.49. The third-order valence-corrected chi connectivity index (χ3v) is 8.69. The summed E-state index contributed by atoms with van der Waals surface area (Å²) >= 11 is 0. The number of rotatable bonds is 4. The van der Waals surface area contributed by atoms with E-state index >= 15 is 0 Å². The number of piperidine rings is 2. The minimum absolute atomic E-state index is 0.0431. The van der Waals surface area contributed by atoms with Gasteiger partial charge in [0.15, 0.2) is 0 Å². The summed E-state index contributed by atoms with van der Waals surface area (Å²) in [6.45, 7) is 4.34. The Morgan fingerprint density at radius 2 is 1.69 bits per heavy atom. The largest absolute Gasteiger partial charge is 0.490 e. The number of benzene rings is 2. The van der Waals surface area contributed by atoms with Crippen LogP contribution in [0.25, 0.3) is 10.8 Å². The first-order valence-electron chi connectivity index (χ1n) is 13.2. The van der Waals surface area contributed by atoms with E-state index in [-0.39, 0.29) is 29.2 Å². The Morgan fingerprint density at radius 1 is 1.00 bits per heavy atom. The number of ether oxygens (including phenoxy) is 1. The van der Waals surface area contributed by atoms with Crippen molar-refractivity contribution in [3.8, 4) is 11.8 Å². The molecule has 2 aromatic carbocycles. The van der Waals surface area contributed by atoms with Crippen LogP contribution >= 0.6 is 0 Å². The highest BCUT2D eigenvalue weighted by Crippen LogP contribution is 2.45. The fraction of sp³-hybridized carbons (Fsp3) is 0.621. The summed E-state index contributed by atoms with van der Waals surface area (Å²) in [7, 11) is 0. The van der Waals surface area contributed by atoms with Crippen molar-refractivity contribution >= 4 is 10.8 Å². The highest BCUT2D eigenvalue weighted by atomic mass is 19.4. The van der Waals surface area contributed by atoms with Crippen LogP contribution in [0.5, 0.6) is 5.75 Å². The molecule has 0 radical (unpaired) electrons. The van der Waals surface area contributed by atoms with Crippen LogP contribution < -0.4 is 4.74 Å². The lowest BCUT2D eigenvalue weighted by Gasteiger charge is -2.50. The Hall–Kier alpha value is -2.26. The van der Waals surface area contributed by atoms with Gasteiger partial charge in [-0.15, -0.1) is 0 Å². The zero-order chi connectivity index (χ0) is 24.7. The number of hydrogen-bond acceptors (Lipinski definition) is 3. The molecule has 0 amide bonds. The molecule has 188 valence electrons. The Morgan fingerprint density at radius 3 is 2.31 bits per heavy atom. The van der Waals surface area contributed by atoms with Gasteiger partial charge in [0.2, 0.25) is 0 Å². The maximum absolute atomic E-state index is 14.3. The number of fused-ring (bicyclic) bond motifs is 3. The smallest absolute Gasteiger partial charge is 0.420 e.